The number of hydrogen-bond donors (Lipinski definition) is 2. The van der Waals surface area contributed by atoms with Crippen LogP contribution in [0.15, 0.2) is 71.6 Å². The molecular formula is C23H24ClN3O7S2. The number of hydrogen-bond acceptors (Lipinski definition) is 7. The first-order chi connectivity index (χ1) is 16.9. The maximum atomic E-state index is 12.7. The van der Waals surface area contributed by atoms with E-state index in [0.29, 0.717) is 17.2 Å². The van der Waals surface area contributed by atoms with Crippen molar-refractivity contribution < 1.29 is 31.1 Å². The predicted octanol–water partition coefficient (Wildman–Crippen LogP) is 3.56. The molecule has 0 fully saturated rings. The fourth-order valence-corrected chi connectivity index (χ4v) is 5.29. The van der Waals surface area contributed by atoms with Crippen molar-refractivity contribution in [3.05, 3.63) is 71.8 Å². The van der Waals surface area contributed by atoms with Crippen molar-refractivity contribution in [1.29, 1.82) is 0 Å². The number of amides is 1. The summed E-state index contributed by atoms with van der Waals surface area (Å²) in [5.41, 5.74) is 0.821. The van der Waals surface area contributed by atoms with Gasteiger partial charge in [0.25, 0.3) is 10.0 Å². The second-order valence-corrected chi connectivity index (χ2v) is 11.5. The van der Waals surface area contributed by atoms with E-state index in [0.717, 1.165) is 10.6 Å². The molecule has 0 saturated heterocycles. The lowest BCUT2D eigenvalue weighted by Gasteiger charge is -2.22. The second kappa shape index (κ2) is 11.1. The topological polar surface area (TPSA) is 131 Å². The standard InChI is InChI=1S/C23H24ClN3O7S2/c1-33-19-9-4-17(5-10-19)26-36(31,32)20-11-6-16(7-12-20)25-23(28)15-27(35(3,29)30)18-8-13-22(34-2)21(24)14-18/h4-14,26H,15H2,1-3H3,(H,25,28). The lowest BCUT2D eigenvalue weighted by molar-refractivity contribution is -0.114. The Bertz CT molecular complexity index is 1440. The average Bonchev–Trinajstić information content (AvgIpc) is 2.82. The van der Waals surface area contributed by atoms with E-state index in [1.54, 1.807) is 24.3 Å². The number of ether oxygens (including phenoxy) is 2. The lowest BCUT2D eigenvalue weighted by Crippen LogP contribution is -2.37. The number of nitrogens with zero attached hydrogens (tertiary/aromatic N) is 1. The smallest absolute Gasteiger partial charge is 0.261 e. The summed E-state index contributed by atoms with van der Waals surface area (Å²) in [5, 5.41) is 2.74. The van der Waals surface area contributed by atoms with Gasteiger partial charge in [-0.1, -0.05) is 11.6 Å². The number of carbonyl (C=O) groups excluding carboxylic acids is 1. The molecule has 3 aromatic rings. The summed E-state index contributed by atoms with van der Waals surface area (Å²) in [6, 6.07) is 16.1. The van der Waals surface area contributed by atoms with Crippen molar-refractivity contribution >= 4 is 54.6 Å². The Morgan fingerprint density at radius 3 is 2.03 bits per heavy atom. The first-order valence-electron chi connectivity index (χ1n) is 10.3. The fourth-order valence-electron chi connectivity index (χ4n) is 3.13. The van der Waals surface area contributed by atoms with Crippen molar-refractivity contribution in [2.75, 3.05) is 41.4 Å². The molecule has 0 aliphatic rings. The SMILES string of the molecule is COc1ccc(NS(=O)(=O)c2ccc(NC(=O)CN(c3ccc(OC)c(Cl)c3)S(C)(=O)=O)cc2)cc1. The number of methoxy groups -OCH3 is 2. The number of sulfonamides is 2. The Kier molecular flexibility index (Phi) is 8.33. The normalized spacial score (nSPS) is 11.4. The molecule has 0 aromatic heterocycles. The van der Waals surface area contributed by atoms with Crippen LogP contribution < -0.4 is 23.8 Å². The van der Waals surface area contributed by atoms with Crippen molar-refractivity contribution in [2.45, 2.75) is 4.90 Å². The Morgan fingerprint density at radius 2 is 1.50 bits per heavy atom. The number of anilines is 3. The van der Waals surface area contributed by atoms with Crippen LogP contribution in [0.3, 0.4) is 0 Å². The molecule has 3 aromatic carbocycles. The van der Waals surface area contributed by atoms with Crippen molar-refractivity contribution in [3.63, 3.8) is 0 Å². The van der Waals surface area contributed by atoms with E-state index in [1.165, 1.54) is 56.7 Å². The summed E-state index contributed by atoms with van der Waals surface area (Å²) in [6.45, 7) is -0.527. The maximum absolute atomic E-state index is 12.7. The molecule has 0 bridgehead atoms. The van der Waals surface area contributed by atoms with E-state index in [1.807, 2.05) is 0 Å². The fraction of sp³-hybridized carbons (Fsp3) is 0.174. The van der Waals surface area contributed by atoms with Crippen LogP contribution in [-0.4, -0.2) is 49.8 Å². The van der Waals surface area contributed by atoms with Gasteiger partial charge in [-0.15, -0.1) is 0 Å². The Morgan fingerprint density at radius 1 is 0.889 bits per heavy atom. The molecule has 2 N–H and O–H groups in total. The predicted molar refractivity (Wildman–Crippen MR) is 139 cm³/mol. The minimum atomic E-state index is -3.88. The van der Waals surface area contributed by atoms with Gasteiger partial charge in [0.15, 0.2) is 0 Å². The highest BCUT2D eigenvalue weighted by atomic mass is 35.5. The summed E-state index contributed by atoms with van der Waals surface area (Å²) in [4.78, 5) is 12.6. The molecule has 0 atom stereocenters. The van der Waals surface area contributed by atoms with Gasteiger partial charge < -0.3 is 14.8 Å². The first-order valence-corrected chi connectivity index (χ1v) is 14.0. The highest BCUT2D eigenvalue weighted by Gasteiger charge is 2.22. The molecule has 13 heteroatoms. The third-order valence-corrected chi connectivity index (χ3v) is 7.73. The van der Waals surface area contributed by atoms with Gasteiger partial charge in [-0.3, -0.25) is 13.8 Å². The molecule has 0 saturated carbocycles. The molecule has 3 rings (SSSR count). The number of benzene rings is 3. The van der Waals surface area contributed by atoms with Gasteiger partial charge >= 0.3 is 0 Å². The van der Waals surface area contributed by atoms with Gasteiger partial charge in [-0.05, 0) is 66.7 Å². The van der Waals surface area contributed by atoms with Gasteiger partial charge in [-0.2, -0.15) is 0 Å². The van der Waals surface area contributed by atoms with E-state index in [4.69, 9.17) is 21.1 Å². The maximum Gasteiger partial charge on any atom is 0.261 e. The van der Waals surface area contributed by atoms with E-state index in [2.05, 4.69) is 10.0 Å². The monoisotopic (exact) mass is 553 g/mol. The van der Waals surface area contributed by atoms with E-state index in [-0.39, 0.29) is 21.3 Å². The Labute approximate surface area is 214 Å². The van der Waals surface area contributed by atoms with Crippen LogP contribution in [0.2, 0.25) is 5.02 Å². The summed E-state index contributed by atoms with van der Waals surface area (Å²) >= 11 is 6.10. The highest BCUT2D eigenvalue weighted by molar-refractivity contribution is 7.92. The number of nitrogens with one attached hydrogen (secondary N) is 2. The molecule has 0 spiro atoms. The first kappa shape index (κ1) is 27.1. The molecule has 0 radical (unpaired) electrons. The van der Waals surface area contributed by atoms with Crippen LogP contribution in [0.5, 0.6) is 11.5 Å². The van der Waals surface area contributed by atoms with Crippen LogP contribution in [0.25, 0.3) is 0 Å². The average molecular weight is 554 g/mol. The Balaban J connectivity index is 1.71. The van der Waals surface area contributed by atoms with Crippen molar-refractivity contribution in [1.82, 2.24) is 0 Å². The molecule has 0 heterocycles. The minimum Gasteiger partial charge on any atom is -0.497 e. The van der Waals surface area contributed by atoms with Crippen LogP contribution >= 0.6 is 11.6 Å². The summed E-state index contributed by atoms with van der Waals surface area (Å²) in [5.74, 6) is 0.303. The van der Waals surface area contributed by atoms with E-state index >= 15 is 0 Å². The summed E-state index contributed by atoms with van der Waals surface area (Å²) in [7, 11) is -4.77. The minimum absolute atomic E-state index is 0.0260. The molecule has 1 amide bonds. The van der Waals surface area contributed by atoms with E-state index in [9.17, 15) is 21.6 Å². The molecule has 0 aliphatic heterocycles. The zero-order chi connectivity index (χ0) is 26.5. The van der Waals surface area contributed by atoms with Crippen LogP contribution in [0.4, 0.5) is 17.1 Å². The largest absolute Gasteiger partial charge is 0.497 e. The number of carbonyl (C=O) groups is 1. The molecule has 0 aliphatic carbocycles. The third kappa shape index (κ3) is 6.80. The van der Waals surface area contributed by atoms with Gasteiger partial charge in [0.1, 0.15) is 18.0 Å². The molecule has 36 heavy (non-hydrogen) atoms. The van der Waals surface area contributed by atoms with Crippen molar-refractivity contribution in [2.24, 2.45) is 0 Å². The Hall–Kier alpha value is -3.48. The molecule has 10 nitrogen and oxygen atoms in total. The zero-order valence-electron chi connectivity index (χ0n) is 19.6. The van der Waals surface area contributed by atoms with Gasteiger partial charge in [0.2, 0.25) is 15.9 Å². The van der Waals surface area contributed by atoms with Gasteiger partial charge in [0, 0.05) is 11.4 Å². The molecule has 0 unspecified atom stereocenters. The lowest BCUT2D eigenvalue weighted by atomic mass is 10.3. The van der Waals surface area contributed by atoms with Crippen LogP contribution in [-0.2, 0) is 24.8 Å². The van der Waals surface area contributed by atoms with Gasteiger partial charge in [0.05, 0.1) is 36.1 Å². The zero-order valence-corrected chi connectivity index (χ0v) is 21.9. The van der Waals surface area contributed by atoms with Gasteiger partial charge in [-0.25, -0.2) is 16.8 Å². The second-order valence-electron chi connectivity index (χ2n) is 7.50. The number of rotatable bonds is 10. The van der Waals surface area contributed by atoms with Crippen LogP contribution in [0, 0.1) is 0 Å². The van der Waals surface area contributed by atoms with Crippen LogP contribution in [0.1, 0.15) is 0 Å². The molecule has 192 valence electrons. The summed E-state index contributed by atoms with van der Waals surface area (Å²) < 4.78 is 63.4. The quantitative estimate of drug-likeness (QED) is 0.392. The summed E-state index contributed by atoms with van der Waals surface area (Å²) in [6.07, 6.45) is 0.966. The van der Waals surface area contributed by atoms with E-state index < -0.39 is 32.5 Å². The highest BCUT2D eigenvalue weighted by Crippen LogP contribution is 2.30. The van der Waals surface area contributed by atoms with Crippen molar-refractivity contribution in [3.8, 4) is 11.5 Å². The number of halogens is 1. The molecular weight excluding hydrogens is 530 g/mol. The third-order valence-electron chi connectivity index (χ3n) is 4.90.